The van der Waals surface area contributed by atoms with Crippen molar-refractivity contribution >= 4 is 17.6 Å². The molecule has 0 aliphatic carbocycles. The molecule has 0 spiro atoms. The zero-order valence-electron chi connectivity index (χ0n) is 15.6. The monoisotopic (exact) mass is 369 g/mol. The fourth-order valence-electron chi connectivity index (χ4n) is 3.49. The Bertz CT molecular complexity index is 853. The number of benzene rings is 2. The maximum atomic E-state index is 13.2. The highest BCUT2D eigenvalue weighted by Gasteiger charge is 2.24. The number of nitrogens with one attached hydrogen (secondary N) is 2. The molecular weight excluding hydrogens is 345 g/mol. The van der Waals surface area contributed by atoms with Gasteiger partial charge < -0.3 is 15.5 Å². The summed E-state index contributed by atoms with van der Waals surface area (Å²) in [7, 11) is 1.63. The number of rotatable bonds is 3. The first-order chi connectivity index (χ1) is 13.0. The summed E-state index contributed by atoms with van der Waals surface area (Å²) < 4.78 is 13.2. The lowest BCUT2D eigenvalue weighted by Gasteiger charge is -2.32. The van der Waals surface area contributed by atoms with Crippen LogP contribution in [0.4, 0.5) is 14.9 Å². The highest BCUT2D eigenvalue weighted by molar-refractivity contribution is 6.04. The first kappa shape index (κ1) is 18.9. The van der Waals surface area contributed by atoms with E-state index in [9.17, 15) is 14.0 Å². The normalized spacial score (nSPS) is 16.7. The number of hydrogen-bond acceptors (Lipinski definition) is 2. The molecular formula is C21H24FN3O2. The number of carbonyl (C=O) groups is 2. The zero-order valence-corrected chi connectivity index (χ0v) is 15.6. The number of aryl methyl sites for hydroxylation is 1. The Labute approximate surface area is 158 Å². The van der Waals surface area contributed by atoms with Crippen LogP contribution in [0.2, 0.25) is 0 Å². The van der Waals surface area contributed by atoms with E-state index in [0.29, 0.717) is 23.4 Å². The fourth-order valence-corrected chi connectivity index (χ4v) is 3.49. The molecule has 5 nitrogen and oxygen atoms in total. The molecule has 27 heavy (non-hydrogen) atoms. The van der Waals surface area contributed by atoms with Crippen molar-refractivity contribution in [3.8, 4) is 0 Å². The molecule has 1 aliphatic rings. The second-order valence-corrected chi connectivity index (χ2v) is 6.88. The second-order valence-electron chi connectivity index (χ2n) is 6.88. The third kappa shape index (κ3) is 4.45. The van der Waals surface area contributed by atoms with E-state index in [1.807, 2.05) is 23.1 Å². The lowest BCUT2D eigenvalue weighted by molar-refractivity contribution is 0.102. The molecule has 142 valence electrons. The van der Waals surface area contributed by atoms with Crippen LogP contribution in [0.5, 0.6) is 0 Å². The van der Waals surface area contributed by atoms with Gasteiger partial charge in [-0.2, -0.15) is 0 Å². The van der Waals surface area contributed by atoms with Gasteiger partial charge in [-0.1, -0.05) is 12.1 Å². The van der Waals surface area contributed by atoms with Gasteiger partial charge in [-0.25, -0.2) is 9.18 Å². The molecule has 3 amide bonds. The van der Waals surface area contributed by atoms with Crippen LogP contribution in [0.1, 0.15) is 40.2 Å². The minimum absolute atomic E-state index is 0.0691. The van der Waals surface area contributed by atoms with E-state index in [0.717, 1.165) is 24.9 Å². The van der Waals surface area contributed by atoms with Crippen molar-refractivity contribution in [2.75, 3.05) is 25.5 Å². The van der Waals surface area contributed by atoms with Crippen LogP contribution in [0, 0.1) is 12.7 Å². The molecule has 1 unspecified atom stereocenters. The van der Waals surface area contributed by atoms with Crippen LogP contribution in [0.15, 0.2) is 42.5 Å². The van der Waals surface area contributed by atoms with Crippen molar-refractivity contribution in [3.63, 3.8) is 0 Å². The molecule has 2 aromatic carbocycles. The Morgan fingerprint density at radius 1 is 1.19 bits per heavy atom. The first-order valence-electron chi connectivity index (χ1n) is 9.12. The third-order valence-corrected chi connectivity index (χ3v) is 4.98. The SMILES string of the molecule is CNC(=O)N1CCCC(c2cccc(C(=O)Nc3ccc(F)cc3C)c2)C1. The van der Waals surface area contributed by atoms with Crippen LogP contribution in [0.25, 0.3) is 0 Å². The predicted octanol–water partition coefficient (Wildman–Crippen LogP) is 3.91. The summed E-state index contributed by atoms with van der Waals surface area (Å²) in [5, 5.41) is 5.51. The molecule has 1 heterocycles. The summed E-state index contributed by atoms with van der Waals surface area (Å²) in [6.07, 6.45) is 1.92. The summed E-state index contributed by atoms with van der Waals surface area (Å²) in [5.74, 6) is -0.354. The number of carbonyl (C=O) groups excluding carboxylic acids is 2. The minimum atomic E-state index is -0.328. The molecule has 1 atom stereocenters. The maximum absolute atomic E-state index is 13.2. The molecule has 3 rings (SSSR count). The number of hydrogen-bond donors (Lipinski definition) is 2. The van der Waals surface area contributed by atoms with Crippen molar-refractivity contribution in [1.82, 2.24) is 10.2 Å². The van der Waals surface area contributed by atoms with Gasteiger partial charge in [-0.05, 0) is 61.2 Å². The van der Waals surface area contributed by atoms with Crippen molar-refractivity contribution in [2.45, 2.75) is 25.7 Å². The molecule has 1 fully saturated rings. The molecule has 0 bridgehead atoms. The van der Waals surface area contributed by atoms with Crippen LogP contribution >= 0.6 is 0 Å². The first-order valence-corrected chi connectivity index (χ1v) is 9.12. The Kier molecular flexibility index (Phi) is 5.74. The summed E-state index contributed by atoms with van der Waals surface area (Å²) in [4.78, 5) is 26.3. The number of piperidine rings is 1. The van der Waals surface area contributed by atoms with Crippen LogP contribution in [-0.4, -0.2) is 37.0 Å². The minimum Gasteiger partial charge on any atom is -0.341 e. The number of halogens is 1. The highest BCUT2D eigenvalue weighted by atomic mass is 19.1. The van der Waals surface area contributed by atoms with E-state index < -0.39 is 0 Å². The van der Waals surface area contributed by atoms with Crippen LogP contribution in [-0.2, 0) is 0 Å². The molecule has 0 aromatic heterocycles. The largest absolute Gasteiger partial charge is 0.341 e. The van der Waals surface area contributed by atoms with Crippen LogP contribution < -0.4 is 10.6 Å². The van der Waals surface area contributed by atoms with Gasteiger partial charge in [-0.15, -0.1) is 0 Å². The van der Waals surface area contributed by atoms with Gasteiger partial charge in [0.15, 0.2) is 0 Å². The Balaban J connectivity index is 1.74. The van der Waals surface area contributed by atoms with E-state index in [1.54, 1.807) is 26.1 Å². The molecule has 0 saturated carbocycles. The average molecular weight is 369 g/mol. The van der Waals surface area contributed by atoms with Gasteiger partial charge in [0.1, 0.15) is 5.82 Å². The van der Waals surface area contributed by atoms with E-state index in [-0.39, 0.29) is 23.7 Å². The van der Waals surface area contributed by atoms with Gasteiger partial charge in [0.2, 0.25) is 0 Å². The summed E-state index contributed by atoms with van der Waals surface area (Å²) >= 11 is 0. The average Bonchev–Trinajstić information content (AvgIpc) is 2.69. The highest BCUT2D eigenvalue weighted by Crippen LogP contribution is 2.28. The molecule has 2 aromatic rings. The van der Waals surface area contributed by atoms with Crippen molar-refractivity contribution < 1.29 is 14.0 Å². The van der Waals surface area contributed by atoms with E-state index in [1.165, 1.54) is 12.1 Å². The van der Waals surface area contributed by atoms with E-state index in [4.69, 9.17) is 0 Å². The van der Waals surface area contributed by atoms with Crippen molar-refractivity contribution in [3.05, 3.63) is 65.0 Å². The number of nitrogens with zero attached hydrogens (tertiary/aromatic N) is 1. The lowest BCUT2D eigenvalue weighted by Crippen LogP contribution is -2.43. The fraction of sp³-hybridized carbons (Fsp3) is 0.333. The molecule has 1 saturated heterocycles. The van der Waals surface area contributed by atoms with Crippen molar-refractivity contribution in [2.24, 2.45) is 0 Å². The number of urea groups is 1. The van der Waals surface area contributed by atoms with Gasteiger partial charge in [0.05, 0.1) is 0 Å². The Hall–Kier alpha value is -2.89. The maximum Gasteiger partial charge on any atom is 0.317 e. The van der Waals surface area contributed by atoms with E-state index >= 15 is 0 Å². The molecule has 6 heteroatoms. The topological polar surface area (TPSA) is 61.4 Å². The molecule has 0 radical (unpaired) electrons. The number of likely N-dealkylation sites (tertiary alicyclic amines) is 1. The lowest BCUT2D eigenvalue weighted by atomic mass is 9.89. The van der Waals surface area contributed by atoms with E-state index in [2.05, 4.69) is 10.6 Å². The number of amides is 3. The predicted molar refractivity (Wildman–Crippen MR) is 104 cm³/mol. The Morgan fingerprint density at radius 3 is 2.74 bits per heavy atom. The van der Waals surface area contributed by atoms with Gasteiger partial charge in [0, 0.05) is 37.3 Å². The smallest absolute Gasteiger partial charge is 0.317 e. The summed E-state index contributed by atoms with van der Waals surface area (Å²) in [6, 6.07) is 11.7. The quantitative estimate of drug-likeness (QED) is 0.862. The van der Waals surface area contributed by atoms with Crippen molar-refractivity contribution in [1.29, 1.82) is 0 Å². The molecule has 2 N–H and O–H groups in total. The standard InChI is InChI=1S/C21H24FN3O2/c1-14-11-18(22)8-9-19(14)24-20(26)16-6-3-5-15(12-16)17-7-4-10-25(13-17)21(27)23-2/h3,5-6,8-9,11-12,17H,4,7,10,13H2,1-2H3,(H,23,27)(H,24,26). The number of anilines is 1. The zero-order chi connectivity index (χ0) is 19.4. The Morgan fingerprint density at radius 2 is 2.00 bits per heavy atom. The van der Waals surface area contributed by atoms with Gasteiger partial charge in [0.25, 0.3) is 5.91 Å². The van der Waals surface area contributed by atoms with Crippen LogP contribution in [0.3, 0.4) is 0 Å². The van der Waals surface area contributed by atoms with Gasteiger partial charge >= 0.3 is 6.03 Å². The summed E-state index contributed by atoms with van der Waals surface area (Å²) in [6.45, 7) is 3.15. The third-order valence-electron chi connectivity index (χ3n) is 4.98. The molecule has 1 aliphatic heterocycles. The summed E-state index contributed by atoms with van der Waals surface area (Å²) in [5.41, 5.74) is 2.86. The van der Waals surface area contributed by atoms with Gasteiger partial charge in [-0.3, -0.25) is 4.79 Å². The second kappa shape index (κ2) is 8.20.